The fraction of sp³-hybridized carbons (Fsp3) is 0.136. The summed E-state index contributed by atoms with van der Waals surface area (Å²) in [4.78, 5) is 15.3. The average Bonchev–Trinajstić information content (AvgIpc) is 3.33. The molecule has 180 valence electrons. The van der Waals surface area contributed by atoms with Gasteiger partial charge in [-0.3, -0.25) is 14.9 Å². The van der Waals surface area contributed by atoms with Gasteiger partial charge in [0.25, 0.3) is 0 Å². The van der Waals surface area contributed by atoms with Crippen molar-refractivity contribution in [1.29, 1.82) is 10.7 Å². The Morgan fingerprint density at radius 1 is 1.26 bits per heavy atom. The van der Waals surface area contributed by atoms with Crippen molar-refractivity contribution >= 4 is 29.3 Å². The number of nitriles is 1. The molecule has 0 aliphatic carbocycles. The number of hydrogen-bond donors (Lipinski definition) is 2. The second kappa shape index (κ2) is 11.3. The summed E-state index contributed by atoms with van der Waals surface area (Å²) < 4.78 is 61.2. The van der Waals surface area contributed by atoms with Crippen molar-refractivity contribution in [3.8, 4) is 17.6 Å². The number of aldehydes is 1. The van der Waals surface area contributed by atoms with Crippen LogP contribution < -0.4 is 10.1 Å². The molecule has 0 amide bonds. The molecule has 3 rings (SSSR count). The second-order valence-electron chi connectivity index (χ2n) is 6.79. The molecule has 0 aliphatic heterocycles. The number of benzene rings is 2. The molecule has 3 aromatic rings. The molecule has 8 nitrogen and oxygen atoms in total. The molecule has 2 N–H and O–H groups in total. The summed E-state index contributed by atoms with van der Waals surface area (Å²) in [5.74, 6) is -2.10. The van der Waals surface area contributed by atoms with Crippen molar-refractivity contribution in [1.82, 2.24) is 20.1 Å². The lowest BCUT2D eigenvalue weighted by molar-refractivity contribution is -0.138. The Morgan fingerprint density at radius 2 is 2.03 bits per heavy atom. The predicted molar refractivity (Wildman–Crippen MR) is 120 cm³/mol. The van der Waals surface area contributed by atoms with Gasteiger partial charge in [-0.15, -0.1) is 0 Å². The number of ether oxygens (including phenoxy) is 1. The van der Waals surface area contributed by atoms with Crippen molar-refractivity contribution in [2.45, 2.75) is 12.7 Å². The number of thioether (sulfide) groups is 1. The number of nitrogens with one attached hydrogen (secondary N) is 2. The van der Waals surface area contributed by atoms with E-state index in [9.17, 15) is 22.4 Å². The minimum Gasteiger partial charge on any atom is -0.454 e. The summed E-state index contributed by atoms with van der Waals surface area (Å²) in [5, 5.41) is 23.4. The van der Waals surface area contributed by atoms with Crippen LogP contribution in [0.3, 0.4) is 0 Å². The van der Waals surface area contributed by atoms with Crippen LogP contribution in [-0.2, 0) is 17.5 Å². The predicted octanol–water partition coefficient (Wildman–Crippen LogP) is 4.60. The molecule has 1 aromatic heterocycles. The van der Waals surface area contributed by atoms with Crippen LogP contribution in [0.2, 0.25) is 0 Å². The third-order valence-corrected chi connectivity index (χ3v) is 5.13. The summed E-state index contributed by atoms with van der Waals surface area (Å²) in [6, 6.07) is 7.75. The Labute approximate surface area is 200 Å². The fourth-order valence-corrected chi connectivity index (χ4v) is 3.41. The first-order valence-corrected chi connectivity index (χ1v) is 10.6. The lowest BCUT2D eigenvalue weighted by Gasteiger charge is -2.14. The standard InChI is InChI=1S/C22H16F4N6O2S/c23-18-9-14(7-16(11-33)35-21(28)30-5-6-32-13-29-12-31-32)1-4-20(18)34-19-3-2-15(10-27)8-17(19)22(24,25)26/h1-4,7-9,11-13H,5-6H2,(H2,28,30)/b16-7-. The van der Waals surface area contributed by atoms with Crippen molar-refractivity contribution in [3.05, 3.63) is 76.5 Å². The van der Waals surface area contributed by atoms with Crippen molar-refractivity contribution in [2.75, 3.05) is 6.54 Å². The van der Waals surface area contributed by atoms with Gasteiger partial charge in [0, 0.05) is 6.54 Å². The van der Waals surface area contributed by atoms with E-state index in [4.69, 9.17) is 15.4 Å². The smallest absolute Gasteiger partial charge is 0.420 e. The molecule has 0 spiro atoms. The maximum absolute atomic E-state index is 14.6. The Balaban J connectivity index is 1.69. The van der Waals surface area contributed by atoms with Gasteiger partial charge < -0.3 is 10.1 Å². The van der Waals surface area contributed by atoms with E-state index in [1.165, 1.54) is 24.8 Å². The van der Waals surface area contributed by atoms with Crippen molar-refractivity contribution in [2.24, 2.45) is 0 Å². The molecule has 0 saturated heterocycles. The monoisotopic (exact) mass is 504 g/mol. The van der Waals surface area contributed by atoms with Crippen LogP contribution in [0.1, 0.15) is 16.7 Å². The fourth-order valence-electron chi connectivity index (χ4n) is 2.76. The Bertz CT molecular complexity index is 1290. The van der Waals surface area contributed by atoms with Crippen molar-refractivity contribution < 1.29 is 27.1 Å². The van der Waals surface area contributed by atoms with Crippen molar-refractivity contribution in [3.63, 3.8) is 0 Å². The summed E-state index contributed by atoms with van der Waals surface area (Å²) in [6.45, 7) is 0.808. The van der Waals surface area contributed by atoms with Gasteiger partial charge in [0.05, 0.1) is 28.6 Å². The third kappa shape index (κ3) is 7.15. The molecule has 0 radical (unpaired) electrons. The quantitative estimate of drug-likeness (QED) is 0.151. The molecule has 0 bridgehead atoms. The molecular weight excluding hydrogens is 488 g/mol. The van der Waals surface area contributed by atoms with Gasteiger partial charge in [0.1, 0.15) is 18.4 Å². The summed E-state index contributed by atoms with van der Waals surface area (Å²) in [6.07, 6.45) is -0.107. The number of aromatic nitrogens is 3. The lowest BCUT2D eigenvalue weighted by atomic mass is 10.1. The van der Waals surface area contributed by atoms with E-state index >= 15 is 0 Å². The largest absolute Gasteiger partial charge is 0.454 e. The number of rotatable bonds is 8. The van der Waals surface area contributed by atoms with Crippen LogP contribution in [0.5, 0.6) is 11.5 Å². The minimum atomic E-state index is -4.81. The van der Waals surface area contributed by atoms with E-state index in [0.29, 0.717) is 25.4 Å². The van der Waals surface area contributed by atoms with Crippen LogP contribution in [0.4, 0.5) is 17.6 Å². The first-order chi connectivity index (χ1) is 16.7. The van der Waals surface area contributed by atoms with E-state index < -0.39 is 29.1 Å². The van der Waals surface area contributed by atoms with Crippen LogP contribution >= 0.6 is 11.8 Å². The zero-order chi connectivity index (χ0) is 25.4. The highest BCUT2D eigenvalue weighted by molar-refractivity contribution is 8.17. The Hall–Kier alpha value is -4.18. The Morgan fingerprint density at radius 3 is 2.66 bits per heavy atom. The Kier molecular flexibility index (Phi) is 8.21. The summed E-state index contributed by atoms with van der Waals surface area (Å²) >= 11 is 0.812. The lowest BCUT2D eigenvalue weighted by Crippen LogP contribution is -2.24. The number of carbonyl (C=O) groups is 1. The molecular formula is C22H16F4N6O2S. The molecule has 0 aliphatic rings. The van der Waals surface area contributed by atoms with E-state index in [-0.39, 0.29) is 21.2 Å². The maximum atomic E-state index is 14.6. The van der Waals surface area contributed by atoms with E-state index in [2.05, 4.69) is 15.4 Å². The van der Waals surface area contributed by atoms with E-state index in [1.807, 2.05) is 0 Å². The molecule has 0 fully saturated rings. The van der Waals surface area contributed by atoms with E-state index in [1.54, 1.807) is 10.8 Å². The molecule has 13 heteroatoms. The topological polar surface area (TPSA) is 117 Å². The minimum absolute atomic E-state index is 0.0237. The molecule has 0 saturated carbocycles. The first-order valence-electron chi connectivity index (χ1n) is 9.78. The summed E-state index contributed by atoms with van der Waals surface area (Å²) in [7, 11) is 0. The van der Waals surface area contributed by atoms with Gasteiger partial charge >= 0.3 is 6.18 Å². The average molecular weight is 504 g/mol. The van der Waals surface area contributed by atoms with Gasteiger partial charge in [-0.05, 0) is 53.7 Å². The number of carbonyl (C=O) groups excluding carboxylic acids is 1. The highest BCUT2D eigenvalue weighted by atomic mass is 32.2. The highest BCUT2D eigenvalue weighted by Gasteiger charge is 2.35. The first kappa shape index (κ1) is 25.4. The molecule has 35 heavy (non-hydrogen) atoms. The zero-order valence-electron chi connectivity index (χ0n) is 17.7. The van der Waals surface area contributed by atoms with Gasteiger partial charge in [-0.25, -0.2) is 9.37 Å². The number of allylic oxidation sites excluding steroid dienone is 1. The van der Waals surface area contributed by atoms with Crippen LogP contribution in [-0.4, -0.2) is 32.8 Å². The van der Waals surface area contributed by atoms with Gasteiger partial charge in [-0.1, -0.05) is 6.07 Å². The van der Waals surface area contributed by atoms with Gasteiger partial charge in [0.15, 0.2) is 23.0 Å². The highest BCUT2D eigenvalue weighted by Crippen LogP contribution is 2.39. The van der Waals surface area contributed by atoms with Gasteiger partial charge in [-0.2, -0.15) is 23.5 Å². The van der Waals surface area contributed by atoms with Crippen LogP contribution in [0, 0.1) is 22.6 Å². The molecule has 0 atom stereocenters. The normalized spacial score (nSPS) is 11.6. The molecule has 1 heterocycles. The maximum Gasteiger partial charge on any atom is 0.420 e. The van der Waals surface area contributed by atoms with Gasteiger partial charge in [0.2, 0.25) is 0 Å². The van der Waals surface area contributed by atoms with Crippen LogP contribution in [0.15, 0.2) is 54.0 Å². The second-order valence-corrected chi connectivity index (χ2v) is 7.88. The van der Waals surface area contributed by atoms with E-state index in [0.717, 1.165) is 36.0 Å². The number of hydrogen-bond acceptors (Lipinski definition) is 7. The molecule has 2 aromatic carbocycles. The zero-order valence-corrected chi connectivity index (χ0v) is 18.5. The molecule has 0 unspecified atom stereocenters. The number of halogens is 4. The van der Waals surface area contributed by atoms with Crippen LogP contribution in [0.25, 0.3) is 6.08 Å². The number of amidine groups is 1. The SMILES string of the molecule is N#Cc1ccc(Oc2ccc(/C=C(/C=O)SC(=N)NCCn3cncn3)cc2F)c(C(F)(F)F)c1. The summed E-state index contributed by atoms with van der Waals surface area (Å²) in [5.41, 5.74) is -1.20. The number of alkyl halides is 3. The number of nitrogens with zero attached hydrogens (tertiary/aromatic N) is 4. The third-order valence-electron chi connectivity index (χ3n) is 4.33.